The van der Waals surface area contributed by atoms with Crippen LogP contribution in [0.25, 0.3) is 0 Å². The lowest BCUT2D eigenvalue weighted by Gasteiger charge is -2.20. The van der Waals surface area contributed by atoms with Crippen LogP contribution >= 0.6 is 0 Å². The lowest BCUT2D eigenvalue weighted by molar-refractivity contribution is -0.121. The molecule has 0 radical (unpaired) electrons. The summed E-state index contributed by atoms with van der Waals surface area (Å²) in [5.74, 6) is 0.152. The SMILES string of the molecule is CC(CCCO)NC1CCCNC(=O)C1. The Kier molecular flexibility index (Phi) is 5.65. The first-order valence-corrected chi connectivity index (χ1v) is 5.86. The molecular formula is C11H22N2O2. The average Bonchev–Trinajstić information content (AvgIpc) is 2.39. The molecule has 4 nitrogen and oxygen atoms in total. The molecule has 0 spiro atoms. The third kappa shape index (κ3) is 5.14. The summed E-state index contributed by atoms with van der Waals surface area (Å²) >= 11 is 0. The smallest absolute Gasteiger partial charge is 0.221 e. The molecule has 0 aromatic heterocycles. The Labute approximate surface area is 91.4 Å². The van der Waals surface area contributed by atoms with Crippen LogP contribution in [0.1, 0.15) is 39.0 Å². The Bertz CT molecular complexity index is 197. The van der Waals surface area contributed by atoms with Crippen molar-refractivity contribution < 1.29 is 9.90 Å². The van der Waals surface area contributed by atoms with E-state index in [4.69, 9.17) is 5.11 Å². The number of hydrogen-bond acceptors (Lipinski definition) is 3. The van der Waals surface area contributed by atoms with Gasteiger partial charge >= 0.3 is 0 Å². The molecule has 88 valence electrons. The monoisotopic (exact) mass is 214 g/mol. The highest BCUT2D eigenvalue weighted by Gasteiger charge is 2.18. The third-order valence-corrected chi connectivity index (χ3v) is 2.80. The second-order valence-corrected chi connectivity index (χ2v) is 4.33. The molecule has 2 unspecified atom stereocenters. The van der Waals surface area contributed by atoms with E-state index >= 15 is 0 Å². The number of amides is 1. The second kappa shape index (κ2) is 6.80. The minimum Gasteiger partial charge on any atom is -0.396 e. The summed E-state index contributed by atoms with van der Waals surface area (Å²) in [7, 11) is 0. The zero-order valence-electron chi connectivity index (χ0n) is 9.46. The summed E-state index contributed by atoms with van der Waals surface area (Å²) in [6.45, 7) is 3.16. The molecule has 4 heteroatoms. The van der Waals surface area contributed by atoms with Crippen LogP contribution in [-0.4, -0.2) is 36.2 Å². The summed E-state index contributed by atoms with van der Waals surface area (Å²) in [6.07, 6.45) is 4.49. The minimum atomic E-state index is 0.152. The highest BCUT2D eigenvalue weighted by atomic mass is 16.2. The minimum absolute atomic E-state index is 0.152. The van der Waals surface area contributed by atoms with Crippen molar-refractivity contribution in [2.45, 2.75) is 51.1 Å². The van der Waals surface area contributed by atoms with E-state index in [2.05, 4.69) is 17.6 Å². The van der Waals surface area contributed by atoms with Gasteiger partial charge in [-0.2, -0.15) is 0 Å². The third-order valence-electron chi connectivity index (χ3n) is 2.80. The quantitative estimate of drug-likeness (QED) is 0.621. The summed E-state index contributed by atoms with van der Waals surface area (Å²) < 4.78 is 0. The van der Waals surface area contributed by atoms with Crippen LogP contribution < -0.4 is 10.6 Å². The lowest BCUT2D eigenvalue weighted by atomic mass is 10.1. The standard InChI is InChI=1S/C11H22N2O2/c1-9(4-3-7-14)13-10-5-2-6-12-11(15)8-10/h9-10,13-14H,2-8H2,1H3,(H,12,15). The van der Waals surface area contributed by atoms with Gasteiger partial charge in [0.15, 0.2) is 0 Å². The maximum absolute atomic E-state index is 11.3. The maximum Gasteiger partial charge on any atom is 0.221 e. The molecule has 0 aromatic rings. The van der Waals surface area contributed by atoms with E-state index < -0.39 is 0 Å². The zero-order chi connectivity index (χ0) is 11.1. The van der Waals surface area contributed by atoms with Crippen molar-refractivity contribution in [1.82, 2.24) is 10.6 Å². The molecule has 1 saturated heterocycles. The van der Waals surface area contributed by atoms with Gasteiger partial charge in [0.05, 0.1) is 0 Å². The van der Waals surface area contributed by atoms with Crippen LogP contribution in [0.3, 0.4) is 0 Å². The van der Waals surface area contributed by atoms with E-state index in [9.17, 15) is 4.79 Å². The summed E-state index contributed by atoms with van der Waals surface area (Å²) in [4.78, 5) is 11.3. The number of aliphatic hydroxyl groups is 1. The summed E-state index contributed by atoms with van der Waals surface area (Å²) in [5.41, 5.74) is 0. The van der Waals surface area contributed by atoms with Crippen molar-refractivity contribution in [2.24, 2.45) is 0 Å². The summed E-state index contributed by atoms with van der Waals surface area (Å²) in [5, 5.41) is 15.0. The molecular weight excluding hydrogens is 192 g/mol. The highest BCUT2D eigenvalue weighted by Crippen LogP contribution is 2.08. The van der Waals surface area contributed by atoms with Gasteiger partial charge in [-0.05, 0) is 32.6 Å². The van der Waals surface area contributed by atoms with Gasteiger partial charge in [-0.25, -0.2) is 0 Å². The first-order chi connectivity index (χ1) is 7.22. The number of rotatable bonds is 5. The molecule has 1 heterocycles. The Morgan fingerprint density at radius 1 is 1.67 bits per heavy atom. The van der Waals surface area contributed by atoms with E-state index in [1.807, 2.05) is 0 Å². The van der Waals surface area contributed by atoms with Crippen LogP contribution in [-0.2, 0) is 4.79 Å². The fourth-order valence-electron chi connectivity index (χ4n) is 2.00. The molecule has 1 fully saturated rings. The predicted molar refractivity (Wildman–Crippen MR) is 59.6 cm³/mol. The topological polar surface area (TPSA) is 61.4 Å². The largest absolute Gasteiger partial charge is 0.396 e. The van der Waals surface area contributed by atoms with Gasteiger partial charge in [-0.3, -0.25) is 4.79 Å². The van der Waals surface area contributed by atoms with Crippen molar-refractivity contribution in [3.05, 3.63) is 0 Å². The van der Waals surface area contributed by atoms with Crippen molar-refractivity contribution >= 4 is 5.91 Å². The van der Waals surface area contributed by atoms with Gasteiger partial charge in [0.25, 0.3) is 0 Å². The Morgan fingerprint density at radius 2 is 2.47 bits per heavy atom. The van der Waals surface area contributed by atoms with Gasteiger partial charge in [-0.1, -0.05) is 0 Å². The van der Waals surface area contributed by atoms with Gasteiger partial charge in [0, 0.05) is 31.7 Å². The number of carbonyl (C=O) groups excluding carboxylic acids is 1. The van der Waals surface area contributed by atoms with E-state index in [1.165, 1.54) is 0 Å². The van der Waals surface area contributed by atoms with E-state index in [0.717, 1.165) is 32.2 Å². The Morgan fingerprint density at radius 3 is 3.20 bits per heavy atom. The fourth-order valence-corrected chi connectivity index (χ4v) is 2.00. The molecule has 1 aliphatic rings. The van der Waals surface area contributed by atoms with Crippen LogP contribution in [0.15, 0.2) is 0 Å². The molecule has 1 amide bonds. The zero-order valence-corrected chi connectivity index (χ0v) is 9.46. The maximum atomic E-state index is 11.3. The summed E-state index contributed by atoms with van der Waals surface area (Å²) in [6, 6.07) is 0.689. The Hall–Kier alpha value is -0.610. The first kappa shape index (κ1) is 12.5. The molecule has 2 atom stereocenters. The van der Waals surface area contributed by atoms with Crippen molar-refractivity contribution in [1.29, 1.82) is 0 Å². The molecule has 0 bridgehead atoms. The van der Waals surface area contributed by atoms with E-state index in [0.29, 0.717) is 18.5 Å². The highest BCUT2D eigenvalue weighted by molar-refractivity contribution is 5.76. The van der Waals surface area contributed by atoms with Gasteiger partial charge in [0.2, 0.25) is 5.91 Å². The molecule has 3 N–H and O–H groups in total. The van der Waals surface area contributed by atoms with Crippen LogP contribution in [0, 0.1) is 0 Å². The number of hydrogen-bond donors (Lipinski definition) is 3. The van der Waals surface area contributed by atoms with Crippen LogP contribution in [0.4, 0.5) is 0 Å². The first-order valence-electron chi connectivity index (χ1n) is 5.86. The molecule has 1 aliphatic heterocycles. The Balaban J connectivity index is 2.25. The van der Waals surface area contributed by atoms with Crippen molar-refractivity contribution in [2.75, 3.05) is 13.2 Å². The van der Waals surface area contributed by atoms with Crippen LogP contribution in [0.5, 0.6) is 0 Å². The molecule has 0 saturated carbocycles. The molecule has 1 rings (SSSR count). The number of carbonyl (C=O) groups is 1. The lowest BCUT2D eigenvalue weighted by Crippen LogP contribution is -2.38. The van der Waals surface area contributed by atoms with Crippen LogP contribution in [0.2, 0.25) is 0 Å². The van der Waals surface area contributed by atoms with Crippen molar-refractivity contribution in [3.8, 4) is 0 Å². The van der Waals surface area contributed by atoms with Gasteiger partial charge in [0.1, 0.15) is 0 Å². The van der Waals surface area contributed by atoms with Crippen molar-refractivity contribution in [3.63, 3.8) is 0 Å². The predicted octanol–water partition coefficient (Wildman–Crippen LogP) is 0.406. The molecule has 15 heavy (non-hydrogen) atoms. The average molecular weight is 214 g/mol. The fraction of sp³-hybridized carbons (Fsp3) is 0.909. The van der Waals surface area contributed by atoms with Gasteiger partial charge < -0.3 is 15.7 Å². The van der Waals surface area contributed by atoms with Gasteiger partial charge in [-0.15, -0.1) is 0 Å². The molecule has 0 aromatic carbocycles. The number of aliphatic hydroxyl groups excluding tert-OH is 1. The normalized spacial score (nSPS) is 24.4. The molecule has 0 aliphatic carbocycles. The number of nitrogens with one attached hydrogen (secondary N) is 2. The van der Waals surface area contributed by atoms with E-state index in [1.54, 1.807) is 0 Å². The second-order valence-electron chi connectivity index (χ2n) is 4.33. The van der Waals surface area contributed by atoms with E-state index in [-0.39, 0.29) is 12.5 Å².